The Labute approximate surface area is 193 Å². The van der Waals surface area contributed by atoms with Crippen LogP contribution in [0.1, 0.15) is 16.1 Å². The SMILES string of the molecule is C=c1[nH]n(-c2ccc(S(N)(=O)=O)cc2)c(=O)/c1=C\c1ccc(OC(=O)c2ccco2)c(OC)c1. The summed E-state index contributed by atoms with van der Waals surface area (Å²) in [6, 6.07) is 13.3. The molecule has 0 radical (unpaired) electrons. The molecule has 0 saturated heterocycles. The van der Waals surface area contributed by atoms with Crippen molar-refractivity contribution in [2.45, 2.75) is 4.90 Å². The van der Waals surface area contributed by atoms with Crippen molar-refractivity contribution < 1.29 is 27.1 Å². The summed E-state index contributed by atoms with van der Waals surface area (Å²) >= 11 is 0. The van der Waals surface area contributed by atoms with Gasteiger partial charge in [-0.05, 0) is 60.2 Å². The van der Waals surface area contributed by atoms with E-state index >= 15 is 0 Å². The molecule has 0 unspecified atom stereocenters. The fourth-order valence-electron chi connectivity index (χ4n) is 3.18. The van der Waals surface area contributed by atoms with Crippen LogP contribution in [-0.2, 0) is 10.0 Å². The zero-order valence-electron chi connectivity index (χ0n) is 17.8. The van der Waals surface area contributed by atoms with Crippen molar-refractivity contribution in [3.63, 3.8) is 0 Å². The fraction of sp³-hybridized carbons (Fsp3) is 0.0435. The van der Waals surface area contributed by atoms with Crippen LogP contribution in [0, 0.1) is 0 Å². The summed E-state index contributed by atoms with van der Waals surface area (Å²) in [6.07, 6.45) is 2.96. The van der Waals surface area contributed by atoms with Crippen molar-refractivity contribution in [3.8, 4) is 17.2 Å². The van der Waals surface area contributed by atoms with E-state index in [9.17, 15) is 18.0 Å². The van der Waals surface area contributed by atoms with Gasteiger partial charge in [0.05, 0.1) is 34.5 Å². The number of carbonyl (C=O) groups is 1. The van der Waals surface area contributed by atoms with E-state index in [1.807, 2.05) is 0 Å². The monoisotopic (exact) mass is 481 g/mol. The van der Waals surface area contributed by atoms with E-state index in [0.29, 0.717) is 16.6 Å². The molecule has 0 aliphatic heterocycles. The summed E-state index contributed by atoms with van der Waals surface area (Å²) in [4.78, 5) is 25.1. The number of nitrogens with zero attached hydrogens (tertiary/aromatic N) is 1. The second kappa shape index (κ2) is 8.89. The molecular formula is C23H19N3O7S. The van der Waals surface area contributed by atoms with E-state index in [2.05, 4.69) is 11.7 Å². The molecule has 0 amide bonds. The maximum Gasteiger partial charge on any atom is 0.379 e. The molecule has 2 aromatic heterocycles. The minimum absolute atomic E-state index is 0.0457. The average molecular weight is 481 g/mol. The second-order valence-electron chi connectivity index (χ2n) is 7.10. The summed E-state index contributed by atoms with van der Waals surface area (Å²) in [5.74, 6) is -0.183. The lowest BCUT2D eigenvalue weighted by Crippen LogP contribution is -2.33. The van der Waals surface area contributed by atoms with Crippen LogP contribution in [0.3, 0.4) is 0 Å². The molecule has 2 heterocycles. The Balaban J connectivity index is 1.68. The van der Waals surface area contributed by atoms with Crippen LogP contribution in [0.15, 0.2) is 75.0 Å². The van der Waals surface area contributed by atoms with Crippen molar-refractivity contribution in [2.75, 3.05) is 7.11 Å². The molecule has 0 spiro atoms. The molecule has 34 heavy (non-hydrogen) atoms. The van der Waals surface area contributed by atoms with Crippen LogP contribution in [0.5, 0.6) is 11.5 Å². The molecule has 4 aromatic rings. The summed E-state index contributed by atoms with van der Waals surface area (Å²) in [5, 5.41) is 8.59. The van der Waals surface area contributed by atoms with E-state index in [0.717, 1.165) is 0 Å². The maximum absolute atomic E-state index is 13.0. The van der Waals surface area contributed by atoms with Gasteiger partial charge >= 0.3 is 5.97 Å². The Hall–Kier alpha value is -4.35. The van der Waals surface area contributed by atoms with Gasteiger partial charge in [0.25, 0.3) is 5.56 Å². The second-order valence-corrected chi connectivity index (χ2v) is 8.67. The zero-order chi connectivity index (χ0) is 24.5. The highest BCUT2D eigenvalue weighted by atomic mass is 32.2. The van der Waals surface area contributed by atoms with E-state index < -0.39 is 21.6 Å². The van der Waals surface area contributed by atoms with Crippen molar-refractivity contribution in [3.05, 3.63) is 93.1 Å². The molecule has 0 saturated carbocycles. The number of rotatable bonds is 6. The number of furan rings is 1. The molecule has 10 nitrogen and oxygen atoms in total. The van der Waals surface area contributed by atoms with E-state index in [4.69, 9.17) is 19.0 Å². The smallest absolute Gasteiger partial charge is 0.379 e. The minimum Gasteiger partial charge on any atom is -0.493 e. The highest BCUT2D eigenvalue weighted by Crippen LogP contribution is 2.29. The summed E-state index contributed by atoms with van der Waals surface area (Å²) in [6.45, 7) is 3.87. The number of hydrogen-bond donors (Lipinski definition) is 2. The van der Waals surface area contributed by atoms with Crippen molar-refractivity contribution in [2.24, 2.45) is 5.14 Å². The number of hydrogen-bond acceptors (Lipinski definition) is 7. The number of sulfonamides is 1. The molecule has 174 valence electrons. The number of aromatic amines is 1. The van der Waals surface area contributed by atoms with Gasteiger partial charge in [-0.1, -0.05) is 12.6 Å². The van der Waals surface area contributed by atoms with Gasteiger partial charge in [0.1, 0.15) is 0 Å². The van der Waals surface area contributed by atoms with Gasteiger partial charge in [-0.25, -0.2) is 23.0 Å². The van der Waals surface area contributed by atoms with Crippen molar-refractivity contribution in [1.29, 1.82) is 0 Å². The first-order valence-electron chi connectivity index (χ1n) is 9.76. The number of primary sulfonamides is 1. The zero-order valence-corrected chi connectivity index (χ0v) is 18.7. The number of benzene rings is 2. The van der Waals surface area contributed by atoms with Crippen molar-refractivity contribution >= 4 is 28.6 Å². The predicted molar refractivity (Wildman–Crippen MR) is 123 cm³/mol. The fourth-order valence-corrected chi connectivity index (χ4v) is 3.70. The quantitative estimate of drug-likeness (QED) is 0.307. The number of H-pyrrole nitrogens is 1. The first kappa shape index (κ1) is 22.8. The average Bonchev–Trinajstić information content (AvgIpc) is 3.44. The van der Waals surface area contributed by atoms with Crippen LogP contribution in [-0.4, -0.2) is 31.3 Å². The molecule has 3 N–H and O–H groups in total. The highest BCUT2D eigenvalue weighted by Gasteiger charge is 2.15. The van der Waals surface area contributed by atoms with Crippen LogP contribution < -0.4 is 30.7 Å². The third-order valence-corrected chi connectivity index (χ3v) is 5.78. The standard InChI is InChI=1S/C23H19N3O7S/c1-14-18(22(27)26(25-14)16-6-8-17(9-7-16)34(24,29)30)12-15-5-10-19(21(13-15)31-2)33-23(28)20-4-3-11-32-20/h3-13,25H,1H2,2H3,(H2,24,29,30)/b18-12-. The summed E-state index contributed by atoms with van der Waals surface area (Å²) in [5.41, 5.74) is 0.590. The molecular weight excluding hydrogens is 462 g/mol. The first-order valence-corrected chi connectivity index (χ1v) is 11.3. The largest absolute Gasteiger partial charge is 0.493 e. The van der Waals surface area contributed by atoms with Gasteiger partial charge < -0.3 is 13.9 Å². The van der Waals surface area contributed by atoms with Crippen LogP contribution in [0.4, 0.5) is 0 Å². The van der Waals surface area contributed by atoms with Crippen LogP contribution in [0.25, 0.3) is 18.3 Å². The van der Waals surface area contributed by atoms with Gasteiger partial charge in [-0.15, -0.1) is 0 Å². The number of methoxy groups -OCH3 is 1. The number of nitrogens with one attached hydrogen (secondary N) is 1. The van der Waals surface area contributed by atoms with Gasteiger partial charge in [0.15, 0.2) is 11.5 Å². The van der Waals surface area contributed by atoms with Gasteiger partial charge in [-0.3, -0.25) is 9.89 Å². The number of aromatic nitrogens is 2. The molecule has 2 aromatic carbocycles. The van der Waals surface area contributed by atoms with Crippen LogP contribution in [0.2, 0.25) is 0 Å². The lowest BCUT2D eigenvalue weighted by molar-refractivity contribution is 0.0696. The molecule has 0 atom stereocenters. The summed E-state index contributed by atoms with van der Waals surface area (Å²) in [7, 11) is -2.43. The number of carbonyl (C=O) groups excluding carboxylic acids is 1. The number of nitrogens with two attached hydrogens (primary N) is 1. The molecule has 0 aliphatic carbocycles. The molecule has 4 rings (SSSR count). The van der Waals surface area contributed by atoms with Gasteiger partial charge in [0.2, 0.25) is 15.8 Å². The number of esters is 1. The lowest BCUT2D eigenvalue weighted by atomic mass is 10.1. The normalized spacial score (nSPS) is 12.0. The maximum atomic E-state index is 13.0. The number of ether oxygens (including phenoxy) is 2. The Morgan fingerprint density at radius 2 is 1.88 bits per heavy atom. The highest BCUT2D eigenvalue weighted by molar-refractivity contribution is 7.89. The van der Waals surface area contributed by atoms with E-state index in [1.165, 1.54) is 54.5 Å². The molecule has 0 fully saturated rings. The topological polar surface area (TPSA) is 147 Å². The lowest BCUT2D eigenvalue weighted by Gasteiger charge is -2.09. The Morgan fingerprint density at radius 1 is 1.15 bits per heavy atom. The molecule has 0 bridgehead atoms. The van der Waals surface area contributed by atoms with Gasteiger partial charge in [0, 0.05) is 0 Å². The Morgan fingerprint density at radius 3 is 2.50 bits per heavy atom. The minimum atomic E-state index is -3.85. The molecule has 0 aliphatic rings. The first-order chi connectivity index (χ1) is 16.2. The predicted octanol–water partition coefficient (Wildman–Crippen LogP) is 0.873. The van der Waals surface area contributed by atoms with Crippen molar-refractivity contribution in [1.82, 2.24) is 9.78 Å². The van der Waals surface area contributed by atoms with Crippen LogP contribution >= 0.6 is 0 Å². The van der Waals surface area contributed by atoms with E-state index in [-0.39, 0.29) is 27.4 Å². The molecule has 11 heteroatoms. The van der Waals surface area contributed by atoms with E-state index in [1.54, 1.807) is 24.3 Å². The summed E-state index contributed by atoms with van der Waals surface area (Å²) < 4.78 is 39.8. The third-order valence-electron chi connectivity index (χ3n) is 4.85. The Bertz CT molecular complexity index is 1630. The Kier molecular flexibility index (Phi) is 5.97. The van der Waals surface area contributed by atoms with Gasteiger partial charge in [-0.2, -0.15) is 0 Å². The third kappa shape index (κ3) is 4.56.